The smallest absolute Gasteiger partial charge is 0.262 e. The van der Waals surface area contributed by atoms with Crippen molar-refractivity contribution in [1.29, 1.82) is 0 Å². The molecule has 0 fully saturated rings. The summed E-state index contributed by atoms with van der Waals surface area (Å²) in [5.41, 5.74) is 2.41. The number of carbonyl (C=O) groups excluding carboxylic acids is 4. The fourth-order valence-electron chi connectivity index (χ4n) is 3.21. The van der Waals surface area contributed by atoms with Crippen LogP contribution in [0.2, 0.25) is 0 Å². The number of hydrogen-bond donors (Lipinski definition) is 2. The standard InChI is InChI=1S/C23H17BrN4O4/c24-16-5-8-18-19(10-16)23(32)28(22(18)31)13-20(29)26-11-14-3-6-17(7-4-14)27-21(30)15-2-1-9-25-12-15/h1-10,12H,11,13H2,(H,26,29)(H,27,30). The maximum atomic E-state index is 12.5. The zero-order valence-electron chi connectivity index (χ0n) is 16.7. The second-order valence-corrected chi connectivity index (χ2v) is 7.97. The third-order valence-electron chi connectivity index (χ3n) is 4.86. The fourth-order valence-corrected chi connectivity index (χ4v) is 3.57. The normalized spacial score (nSPS) is 12.5. The first-order chi connectivity index (χ1) is 15.4. The Hall–Kier alpha value is -3.85. The number of rotatable bonds is 6. The van der Waals surface area contributed by atoms with Gasteiger partial charge in [0, 0.05) is 29.1 Å². The lowest BCUT2D eigenvalue weighted by Crippen LogP contribution is -2.40. The van der Waals surface area contributed by atoms with E-state index in [1.54, 1.807) is 60.8 Å². The summed E-state index contributed by atoms with van der Waals surface area (Å²) in [7, 11) is 0. The lowest BCUT2D eigenvalue weighted by Gasteiger charge is -2.14. The summed E-state index contributed by atoms with van der Waals surface area (Å²) in [6.07, 6.45) is 3.07. The van der Waals surface area contributed by atoms with Gasteiger partial charge in [-0.15, -0.1) is 0 Å². The van der Waals surface area contributed by atoms with Crippen molar-refractivity contribution in [2.45, 2.75) is 6.54 Å². The van der Waals surface area contributed by atoms with Gasteiger partial charge in [0.05, 0.1) is 16.7 Å². The average molecular weight is 493 g/mol. The van der Waals surface area contributed by atoms with E-state index in [1.807, 2.05) is 0 Å². The van der Waals surface area contributed by atoms with E-state index in [0.717, 1.165) is 10.5 Å². The zero-order chi connectivity index (χ0) is 22.7. The fraction of sp³-hybridized carbons (Fsp3) is 0.0870. The molecular weight excluding hydrogens is 476 g/mol. The van der Waals surface area contributed by atoms with Gasteiger partial charge in [-0.25, -0.2) is 0 Å². The maximum Gasteiger partial charge on any atom is 0.262 e. The lowest BCUT2D eigenvalue weighted by molar-refractivity contribution is -0.121. The summed E-state index contributed by atoms with van der Waals surface area (Å²) in [6.45, 7) is -0.145. The number of amides is 4. The van der Waals surface area contributed by atoms with Gasteiger partial charge in [-0.1, -0.05) is 28.1 Å². The molecule has 1 aromatic heterocycles. The zero-order valence-corrected chi connectivity index (χ0v) is 18.3. The van der Waals surface area contributed by atoms with Gasteiger partial charge in [-0.05, 0) is 48.0 Å². The Bertz CT molecular complexity index is 1210. The van der Waals surface area contributed by atoms with Crippen LogP contribution in [0.3, 0.4) is 0 Å². The molecule has 1 aliphatic rings. The molecule has 2 aromatic carbocycles. The second kappa shape index (κ2) is 9.11. The molecule has 4 rings (SSSR count). The molecule has 4 amide bonds. The van der Waals surface area contributed by atoms with Crippen LogP contribution in [0.1, 0.15) is 36.6 Å². The number of fused-ring (bicyclic) bond motifs is 1. The molecule has 3 aromatic rings. The van der Waals surface area contributed by atoms with Gasteiger partial charge in [0.15, 0.2) is 0 Å². The number of nitrogens with one attached hydrogen (secondary N) is 2. The molecule has 0 radical (unpaired) electrons. The highest BCUT2D eigenvalue weighted by Gasteiger charge is 2.36. The Morgan fingerprint density at radius 2 is 1.72 bits per heavy atom. The van der Waals surface area contributed by atoms with Crippen molar-refractivity contribution in [1.82, 2.24) is 15.2 Å². The Kier molecular flexibility index (Phi) is 6.09. The molecule has 8 nitrogen and oxygen atoms in total. The predicted octanol–water partition coefficient (Wildman–Crippen LogP) is 3.01. The van der Waals surface area contributed by atoms with E-state index in [0.29, 0.717) is 15.7 Å². The maximum absolute atomic E-state index is 12.5. The molecule has 0 spiro atoms. The van der Waals surface area contributed by atoms with E-state index in [9.17, 15) is 19.2 Å². The molecule has 32 heavy (non-hydrogen) atoms. The third kappa shape index (κ3) is 4.57. The second-order valence-electron chi connectivity index (χ2n) is 7.06. The number of nitrogens with zero attached hydrogens (tertiary/aromatic N) is 2. The van der Waals surface area contributed by atoms with E-state index in [4.69, 9.17) is 0 Å². The minimum atomic E-state index is -0.491. The molecule has 0 unspecified atom stereocenters. The van der Waals surface area contributed by atoms with Crippen LogP contribution >= 0.6 is 15.9 Å². The summed E-state index contributed by atoms with van der Waals surface area (Å²) in [4.78, 5) is 54.2. The van der Waals surface area contributed by atoms with Crippen LogP contribution in [0.5, 0.6) is 0 Å². The topological polar surface area (TPSA) is 108 Å². The molecular formula is C23H17BrN4O4. The van der Waals surface area contributed by atoms with E-state index in [1.165, 1.54) is 6.20 Å². The Balaban J connectivity index is 1.30. The van der Waals surface area contributed by atoms with Crippen LogP contribution in [0.25, 0.3) is 0 Å². The van der Waals surface area contributed by atoms with E-state index >= 15 is 0 Å². The minimum absolute atomic E-state index is 0.213. The van der Waals surface area contributed by atoms with Crippen molar-refractivity contribution >= 4 is 45.2 Å². The first-order valence-corrected chi connectivity index (χ1v) is 10.4. The molecule has 0 atom stereocenters. The number of hydrogen-bond acceptors (Lipinski definition) is 5. The number of imide groups is 1. The summed E-state index contributed by atoms with van der Waals surface area (Å²) in [5.74, 6) is -1.70. The molecule has 160 valence electrons. The van der Waals surface area contributed by atoms with Crippen molar-refractivity contribution in [3.63, 3.8) is 0 Å². The SMILES string of the molecule is O=C(CN1C(=O)c2ccc(Br)cc2C1=O)NCc1ccc(NC(=O)c2cccnc2)cc1. The number of carbonyl (C=O) groups is 4. The largest absolute Gasteiger partial charge is 0.350 e. The summed E-state index contributed by atoms with van der Waals surface area (Å²) >= 11 is 3.28. The van der Waals surface area contributed by atoms with Gasteiger partial charge in [0.1, 0.15) is 6.54 Å². The summed E-state index contributed by atoms with van der Waals surface area (Å²) < 4.78 is 0.684. The summed E-state index contributed by atoms with van der Waals surface area (Å²) in [6, 6.07) is 15.1. The Morgan fingerprint density at radius 1 is 0.969 bits per heavy atom. The van der Waals surface area contributed by atoms with Crippen molar-refractivity contribution in [3.8, 4) is 0 Å². The van der Waals surface area contributed by atoms with Crippen LogP contribution in [0.15, 0.2) is 71.5 Å². The van der Waals surface area contributed by atoms with Crippen LogP contribution < -0.4 is 10.6 Å². The number of anilines is 1. The molecule has 9 heteroatoms. The number of halogens is 1. The molecule has 2 N–H and O–H groups in total. The number of aromatic nitrogens is 1. The summed E-state index contributed by atoms with van der Waals surface area (Å²) in [5, 5.41) is 5.47. The molecule has 2 heterocycles. The predicted molar refractivity (Wildman–Crippen MR) is 120 cm³/mol. The molecule has 0 bridgehead atoms. The minimum Gasteiger partial charge on any atom is -0.350 e. The van der Waals surface area contributed by atoms with Crippen LogP contribution in [-0.2, 0) is 11.3 Å². The Labute approximate surface area is 191 Å². The molecule has 0 saturated carbocycles. The quantitative estimate of drug-likeness (QED) is 0.514. The lowest BCUT2D eigenvalue weighted by atomic mass is 10.1. The van der Waals surface area contributed by atoms with Crippen molar-refractivity contribution in [3.05, 3.63) is 93.7 Å². The average Bonchev–Trinajstić information content (AvgIpc) is 3.03. The van der Waals surface area contributed by atoms with Crippen molar-refractivity contribution in [2.24, 2.45) is 0 Å². The number of benzene rings is 2. The van der Waals surface area contributed by atoms with Crippen molar-refractivity contribution < 1.29 is 19.2 Å². The van der Waals surface area contributed by atoms with Gasteiger partial charge in [-0.3, -0.25) is 29.1 Å². The van der Waals surface area contributed by atoms with E-state index in [-0.39, 0.29) is 30.1 Å². The van der Waals surface area contributed by atoms with Crippen LogP contribution in [-0.4, -0.2) is 40.1 Å². The van der Waals surface area contributed by atoms with Gasteiger partial charge < -0.3 is 10.6 Å². The van der Waals surface area contributed by atoms with Gasteiger partial charge in [-0.2, -0.15) is 0 Å². The van der Waals surface area contributed by atoms with Crippen LogP contribution in [0, 0.1) is 0 Å². The number of pyridine rings is 1. The highest BCUT2D eigenvalue weighted by Crippen LogP contribution is 2.25. The third-order valence-corrected chi connectivity index (χ3v) is 5.35. The van der Waals surface area contributed by atoms with Gasteiger partial charge >= 0.3 is 0 Å². The van der Waals surface area contributed by atoms with Crippen molar-refractivity contribution in [2.75, 3.05) is 11.9 Å². The van der Waals surface area contributed by atoms with Gasteiger partial charge in [0.2, 0.25) is 5.91 Å². The molecule has 0 aliphatic carbocycles. The Morgan fingerprint density at radius 3 is 2.44 bits per heavy atom. The van der Waals surface area contributed by atoms with Crippen LogP contribution in [0.4, 0.5) is 5.69 Å². The van der Waals surface area contributed by atoms with E-state index < -0.39 is 17.7 Å². The molecule has 1 aliphatic heterocycles. The first kappa shape index (κ1) is 21.4. The highest BCUT2D eigenvalue weighted by atomic mass is 79.9. The highest BCUT2D eigenvalue weighted by molar-refractivity contribution is 9.10. The monoisotopic (exact) mass is 492 g/mol. The van der Waals surface area contributed by atoms with E-state index in [2.05, 4.69) is 31.5 Å². The van der Waals surface area contributed by atoms with Gasteiger partial charge in [0.25, 0.3) is 17.7 Å². The first-order valence-electron chi connectivity index (χ1n) is 9.65. The molecule has 0 saturated heterocycles.